The van der Waals surface area contributed by atoms with E-state index in [1.165, 1.54) is 0 Å². The number of rotatable bonds is 3. The molecule has 1 rings (SSSR count). The average molecular weight is 190 g/mol. The first-order chi connectivity index (χ1) is 6.72. The number of nitrogens with zero attached hydrogens (tertiary/aromatic N) is 2. The van der Waals surface area contributed by atoms with Gasteiger partial charge in [0.15, 0.2) is 5.82 Å². The Morgan fingerprint density at radius 3 is 2.86 bits per heavy atom. The van der Waals surface area contributed by atoms with Crippen LogP contribution < -0.4 is 11.3 Å². The van der Waals surface area contributed by atoms with Gasteiger partial charge in [-0.05, 0) is 25.0 Å². The molecular weight excluding hydrogens is 176 g/mol. The molecule has 74 valence electrons. The molecule has 0 saturated carbocycles. The second kappa shape index (κ2) is 4.58. The van der Waals surface area contributed by atoms with Crippen LogP contribution in [0.1, 0.15) is 30.2 Å². The standard InChI is InChI=1S/C10H14N4/c1-3-4-8-5-9(6-11)10(14-12)13-7(8)2/h5H,3-4,12H2,1-2H3,(H,13,14). The van der Waals surface area contributed by atoms with Gasteiger partial charge in [0, 0.05) is 5.69 Å². The third-order valence-corrected chi connectivity index (χ3v) is 2.09. The Hall–Kier alpha value is -1.60. The van der Waals surface area contributed by atoms with Crippen molar-refractivity contribution in [1.29, 1.82) is 5.26 Å². The van der Waals surface area contributed by atoms with Gasteiger partial charge in [0.25, 0.3) is 0 Å². The molecule has 4 heteroatoms. The van der Waals surface area contributed by atoms with Crippen molar-refractivity contribution >= 4 is 5.82 Å². The number of nitrogen functional groups attached to an aromatic ring is 1. The summed E-state index contributed by atoms with van der Waals surface area (Å²) in [6.45, 7) is 4.02. The third-order valence-electron chi connectivity index (χ3n) is 2.09. The lowest BCUT2D eigenvalue weighted by Crippen LogP contribution is -2.11. The molecule has 0 atom stereocenters. The molecule has 0 aliphatic carbocycles. The summed E-state index contributed by atoms with van der Waals surface area (Å²) in [5.41, 5.74) is 4.97. The number of aryl methyl sites for hydroxylation is 2. The lowest BCUT2D eigenvalue weighted by molar-refractivity contribution is 0.897. The first-order valence-electron chi connectivity index (χ1n) is 4.60. The predicted molar refractivity (Wildman–Crippen MR) is 55.5 cm³/mol. The van der Waals surface area contributed by atoms with Crippen molar-refractivity contribution in [1.82, 2.24) is 4.98 Å². The fourth-order valence-corrected chi connectivity index (χ4v) is 1.36. The minimum atomic E-state index is 0.449. The second-order valence-electron chi connectivity index (χ2n) is 3.14. The minimum Gasteiger partial charge on any atom is -0.307 e. The van der Waals surface area contributed by atoms with Gasteiger partial charge in [-0.3, -0.25) is 0 Å². The molecule has 1 aromatic rings. The summed E-state index contributed by atoms with van der Waals surface area (Å²) in [4.78, 5) is 4.22. The molecule has 0 aliphatic heterocycles. The fourth-order valence-electron chi connectivity index (χ4n) is 1.36. The van der Waals surface area contributed by atoms with Crippen LogP contribution in [0.4, 0.5) is 5.82 Å². The zero-order valence-corrected chi connectivity index (χ0v) is 8.46. The molecule has 0 fully saturated rings. The number of nitrogens with one attached hydrogen (secondary N) is 1. The zero-order valence-electron chi connectivity index (χ0n) is 8.46. The molecular formula is C10H14N4. The first kappa shape index (κ1) is 10.5. The maximum atomic E-state index is 8.85. The number of hydrazine groups is 1. The van der Waals surface area contributed by atoms with E-state index >= 15 is 0 Å². The third kappa shape index (κ3) is 2.01. The first-order valence-corrected chi connectivity index (χ1v) is 4.60. The summed E-state index contributed by atoms with van der Waals surface area (Å²) in [5.74, 6) is 5.70. The lowest BCUT2D eigenvalue weighted by atomic mass is 10.1. The highest BCUT2D eigenvalue weighted by Gasteiger charge is 2.06. The maximum absolute atomic E-state index is 8.85. The number of hydrogen-bond acceptors (Lipinski definition) is 4. The van der Waals surface area contributed by atoms with Crippen LogP contribution in [-0.2, 0) is 6.42 Å². The van der Waals surface area contributed by atoms with Crippen LogP contribution in [0.2, 0.25) is 0 Å². The lowest BCUT2D eigenvalue weighted by Gasteiger charge is -2.08. The van der Waals surface area contributed by atoms with Crippen molar-refractivity contribution in [3.8, 4) is 6.07 Å². The van der Waals surface area contributed by atoms with Gasteiger partial charge < -0.3 is 5.43 Å². The van der Waals surface area contributed by atoms with Crippen LogP contribution in [0, 0.1) is 18.3 Å². The zero-order chi connectivity index (χ0) is 10.6. The number of pyridine rings is 1. The van der Waals surface area contributed by atoms with Crippen LogP contribution >= 0.6 is 0 Å². The Morgan fingerprint density at radius 1 is 1.64 bits per heavy atom. The molecule has 0 saturated heterocycles. The van der Waals surface area contributed by atoms with E-state index in [4.69, 9.17) is 11.1 Å². The Balaban J connectivity index is 3.18. The summed E-state index contributed by atoms with van der Waals surface area (Å²) < 4.78 is 0. The Morgan fingerprint density at radius 2 is 2.36 bits per heavy atom. The van der Waals surface area contributed by atoms with Gasteiger partial charge in [0.1, 0.15) is 6.07 Å². The topological polar surface area (TPSA) is 74.7 Å². The van der Waals surface area contributed by atoms with Crippen molar-refractivity contribution in [2.45, 2.75) is 26.7 Å². The van der Waals surface area contributed by atoms with E-state index < -0.39 is 0 Å². The molecule has 0 unspecified atom stereocenters. The Kier molecular flexibility index (Phi) is 3.43. The monoisotopic (exact) mass is 190 g/mol. The van der Waals surface area contributed by atoms with E-state index in [2.05, 4.69) is 23.4 Å². The van der Waals surface area contributed by atoms with Gasteiger partial charge in [-0.15, -0.1) is 0 Å². The number of hydrogen-bond donors (Lipinski definition) is 2. The van der Waals surface area contributed by atoms with E-state index in [0.717, 1.165) is 24.1 Å². The minimum absolute atomic E-state index is 0.449. The van der Waals surface area contributed by atoms with Gasteiger partial charge in [-0.1, -0.05) is 13.3 Å². The highest BCUT2D eigenvalue weighted by atomic mass is 15.2. The van der Waals surface area contributed by atoms with E-state index in [0.29, 0.717) is 11.4 Å². The van der Waals surface area contributed by atoms with E-state index in [1.54, 1.807) is 0 Å². The van der Waals surface area contributed by atoms with Gasteiger partial charge >= 0.3 is 0 Å². The Bertz CT molecular complexity index is 365. The van der Waals surface area contributed by atoms with Gasteiger partial charge in [0.2, 0.25) is 0 Å². The number of nitrogens with two attached hydrogens (primary N) is 1. The average Bonchev–Trinajstić information content (AvgIpc) is 2.20. The van der Waals surface area contributed by atoms with Gasteiger partial charge in [0.05, 0.1) is 5.56 Å². The fraction of sp³-hybridized carbons (Fsp3) is 0.400. The van der Waals surface area contributed by atoms with E-state index in [9.17, 15) is 0 Å². The molecule has 0 bridgehead atoms. The van der Waals surface area contributed by atoms with Crippen molar-refractivity contribution in [3.63, 3.8) is 0 Å². The normalized spacial score (nSPS) is 9.57. The predicted octanol–water partition coefficient (Wildman–Crippen LogP) is 1.50. The summed E-state index contributed by atoms with van der Waals surface area (Å²) in [6, 6.07) is 3.92. The summed E-state index contributed by atoms with van der Waals surface area (Å²) >= 11 is 0. The summed E-state index contributed by atoms with van der Waals surface area (Å²) in [5, 5.41) is 8.85. The number of anilines is 1. The molecule has 3 N–H and O–H groups in total. The highest BCUT2D eigenvalue weighted by molar-refractivity contribution is 5.53. The molecule has 0 amide bonds. The largest absolute Gasteiger partial charge is 0.307 e. The van der Waals surface area contributed by atoms with Crippen molar-refractivity contribution in [3.05, 3.63) is 22.9 Å². The number of nitriles is 1. The van der Waals surface area contributed by atoms with Crippen LogP contribution in [0.25, 0.3) is 0 Å². The molecule has 0 aliphatic rings. The van der Waals surface area contributed by atoms with Crippen molar-refractivity contribution in [2.24, 2.45) is 5.84 Å². The molecule has 0 spiro atoms. The molecule has 1 aromatic heterocycles. The van der Waals surface area contributed by atoms with Crippen LogP contribution in [0.3, 0.4) is 0 Å². The molecule has 0 radical (unpaired) electrons. The Labute approximate surface area is 83.7 Å². The molecule has 1 heterocycles. The smallest absolute Gasteiger partial charge is 0.158 e. The molecule has 14 heavy (non-hydrogen) atoms. The summed E-state index contributed by atoms with van der Waals surface area (Å²) in [7, 11) is 0. The number of aromatic nitrogens is 1. The van der Waals surface area contributed by atoms with Gasteiger partial charge in [-0.2, -0.15) is 5.26 Å². The van der Waals surface area contributed by atoms with Crippen LogP contribution in [0.5, 0.6) is 0 Å². The maximum Gasteiger partial charge on any atom is 0.158 e. The summed E-state index contributed by atoms with van der Waals surface area (Å²) in [6.07, 6.45) is 1.99. The van der Waals surface area contributed by atoms with Gasteiger partial charge in [-0.25, -0.2) is 10.8 Å². The SMILES string of the molecule is CCCc1cc(C#N)c(NN)nc1C. The molecule has 4 nitrogen and oxygen atoms in total. The van der Waals surface area contributed by atoms with Crippen molar-refractivity contribution < 1.29 is 0 Å². The van der Waals surface area contributed by atoms with Crippen molar-refractivity contribution in [2.75, 3.05) is 5.43 Å². The highest BCUT2D eigenvalue weighted by Crippen LogP contribution is 2.16. The quantitative estimate of drug-likeness (QED) is 0.559. The molecule has 0 aromatic carbocycles. The van der Waals surface area contributed by atoms with E-state index in [-0.39, 0.29) is 0 Å². The van der Waals surface area contributed by atoms with E-state index in [1.807, 2.05) is 13.0 Å². The second-order valence-corrected chi connectivity index (χ2v) is 3.14. The van der Waals surface area contributed by atoms with Crippen LogP contribution in [0.15, 0.2) is 6.07 Å². The van der Waals surface area contributed by atoms with Crippen LogP contribution in [-0.4, -0.2) is 4.98 Å².